The van der Waals surface area contributed by atoms with Crippen molar-refractivity contribution in [2.45, 2.75) is 0 Å². The molecule has 10 heteroatoms. The smallest absolute Gasteiger partial charge is 0.329 e. The molecule has 0 aliphatic carbocycles. The maximum absolute atomic E-state index is 11.6. The van der Waals surface area contributed by atoms with E-state index in [1.54, 1.807) is 0 Å². The van der Waals surface area contributed by atoms with Gasteiger partial charge < -0.3 is 15.0 Å². The van der Waals surface area contributed by atoms with E-state index >= 15 is 0 Å². The Bertz CT molecular complexity index is 499. The third kappa shape index (κ3) is 4.59. The predicted octanol–water partition coefficient (Wildman–Crippen LogP) is 0.237. The van der Waals surface area contributed by atoms with Gasteiger partial charge in [0.15, 0.2) is 0 Å². The molecule has 1 aromatic heterocycles. The predicted molar refractivity (Wildman–Crippen MR) is 71.9 cm³/mol. The van der Waals surface area contributed by atoms with Crippen LogP contribution in [0.2, 0.25) is 5.28 Å². The van der Waals surface area contributed by atoms with Gasteiger partial charge in [-0.1, -0.05) is 0 Å². The van der Waals surface area contributed by atoms with Crippen LogP contribution in [0.25, 0.3) is 0 Å². The van der Waals surface area contributed by atoms with E-state index in [1.165, 1.54) is 19.1 Å². The Hall–Kier alpha value is -2.00. The molecule has 0 saturated heterocycles. The molecule has 1 rings (SSSR count). The zero-order valence-corrected chi connectivity index (χ0v) is 11.8. The third-order valence-corrected chi connectivity index (χ3v) is 2.47. The highest BCUT2D eigenvalue weighted by Gasteiger charge is 2.21. The van der Waals surface area contributed by atoms with E-state index in [-0.39, 0.29) is 29.2 Å². The fourth-order valence-electron chi connectivity index (χ4n) is 1.39. The summed E-state index contributed by atoms with van der Waals surface area (Å²) < 4.78 is 4.79. The SMILES string of the molecule is COCCNC(=O)CN(C)c1nc(Cl)ncc1[N+](=O)[O-]. The molecule has 0 aliphatic rings. The molecule has 0 spiro atoms. The maximum Gasteiger partial charge on any atom is 0.329 e. The monoisotopic (exact) mass is 303 g/mol. The van der Waals surface area contributed by atoms with Crippen LogP contribution in [-0.2, 0) is 9.53 Å². The van der Waals surface area contributed by atoms with Gasteiger partial charge in [-0.15, -0.1) is 0 Å². The van der Waals surface area contributed by atoms with E-state index in [9.17, 15) is 14.9 Å². The van der Waals surface area contributed by atoms with Crippen molar-refractivity contribution in [3.63, 3.8) is 0 Å². The summed E-state index contributed by atoms with van der Waals surface area (Å²) in [7, 11) is 3.02. The van der Waals surface area contributed by atoms with E-state index in [0.29, 0.717) is 13.2 Å². The number of likely N-dealkylation sites (N-methyl/N-ethyl adjacent to an activating group) is 1. The number of rotatable bonds is 7. The number of nitrogens with zero attached hydrogens (tertiary/aromatic N) is 4. The van der Waals surface area contributed by atoms with Gasteiger partial charge in [0.25, 0.3) is 0 Å². The van der Waals surface area contributed by atoms with Crippen molar-refractivity contribution in [2.24, 2.45) is 0 Å². The zero-order valence-electron chi connectivity index (χ0n) is 11.0. The number of amides is 1. The van der Waals surface area contributed by atoms with Gasteiger partial charge in [0, 0.05) is 20.7 Å². The average molecular weight is 304 g/mol. The van der Waals surface area contributed by atoms with Gasteiger partial charge >= 0.3 is 5.69 Å². The Labute approximate surface area is 120 Å². The molecule has 0 aromatic carbocycles. The summed E-state index contributed by atoms with van der Waals surface area (Å²) in [5.74, 6) is -0.328. The second-order valence-corrected chi connectivity index (χ2v) is 4.14. The van der Waals surface area contributed by atoms with Crippen LogP contribution in [0.5, 0.6) is 0 Å². The summed E-state index contributed by atoms with van der Waals surface area (Å²) in [5.41, 5.74) is -0.318. The van der Waals surface area contributed by atoms with Crippen LogP contribution in [-0.4, -0.2) is 54.7 Å². The topological polar surface area (TPSA) is 110 Å². The minimum Gasteiger partial charge on any atom is -0.383 e. The molecule has 1 amide bonds. The van der Waals surface area contributed by atoms with Crippen molar-refractivity contribution in [1.29, 1.82) is 0 Å². The van der Waals surface area contributed by atoms with E-state index in [4.69, 9.17) is 16.3 Å². The molecular formula is C10H14ClN5O4. The van der Waals surface area contributed by atoms with E-state index in [2.05, 4.69) is 15.3 Å². The molecule has 9 nitrogen and oxygen atoms in total. The first-order valence-corrected chi connectivity index (χ1v) is 5.97. The number of nitrogens with one attached hydrogen (secondary N) is 1. The number of hydrogen-bond donors (Lipinski definition) is 1. The van der Waals surface area contributed by atoms with Crippen molar-refractivity contribution >= 4 is 29.0 Å². The molecule has 20 heavy (non-hydrogen) atoms. The quantitative estimate of drug-likeness (QED) is 0.332. The Morgan fingerprint density at radius 3 is 2.95 bits per heavy atom. The Morgan fingerprint density at radius 2 is 2.35 bits per heavy atom. The van der Waals surface area contributed by atoms with Gasteiger partial charge in [0.1, 0.15) is 6.20 Å². The van der Waals surface area contributed by atoms with Crippen molar-refractivity contribution in [3.05, 3.63) is 21.6 Å². The molecule has 110 valence electrons. The fraction of sp³-hybridized carbons (Fsp3) is 0.500. The number of hydrogen-bond acceptors (Lipinski definition) is 7. The molecule has 1 N–H and O–H groups in total. The number of aromatic nitrogens is 2. The van der Waals surface area contributed by atoms with Crippen LogP contribution >= 0.6 is 11.6 Å². The molecule has 0 bridgehead atoms. The molecule has 0 aliphatic heterocycles. The summed E-state index contributed by atoms with van der Waals surface area (Å²) in [4.78, 5) is 30.5. The van der Waals surface area contributed by atoms with E-state index in [1.807, 2.05) is 0 Å². The highest BCUT2D eigenvalue weighted by Crippen LogP contribution is 2.24. The first kappa shape index (κ1) is 16.1. The molecule has 1 heterocycles. The van der Waals surface area contributed by atoms with Crippen molar-refractivity contribution in [2.75, 3.05) is 38.8 Å². The van der Waals surface area contributed by atoms with E-state index < -0.39 is 4.92 Å². The van der Waals surface area contributed by atoms with Crippen LogP contribution in [0.15, 0.2) is 6.20 Å². The van der Waals surface area contributed by atoms with Crippen molar-refractivity contribution in [1.82, 2.24) is 15.3 Å². The Kier molecular flexibility index (Phi) is 6.07. The van der Waals surface area contributed by atoms with Gasteiger partial charge in [-0.3, -0.25) is 14.9 Å². The number of nitro groups is 1. The second kappa shape index (κ2) is 7.56. The lowest BCUT2D eigenvalue weighted by Gasteiger charge is -2.17. The third-order valence-electron chi connectivity index (χ3n) is 2.29. The highest BCUT2D eigenvalue weighted by atomic mass is 35.5. The average Bonchev–Trinajstić information content (AvgIpc) is 2.38. The largest absolute Gasteiger partial charge is 0.383 e. The lowest BCUT2D eigenvalue weighted by Crippen LogP contribution is -2.37. The summed E-state index contributed by atoms with van der Waals surface area (Å²) in [6.07, 6.45) is 1.00. The van der Waals surface area contributed by atoms with Crippen molar-refractivity contribution in [3.8, 4) is 0 Å². The van der Waals surface area contributed by atoms with E-state index in [0.717, 1.165) is 6.20 Å². The molecule has 0 saturated carbocycles. The van der Waals surface area contributed by atoms with Crippen LogP contribution in [0, 0.1) is 10.1 Å². The van der Waals surface area contributed by atoms with Gasteiger partial charge in [-0.2, -0.15) is 4.98 Å². The lowest BCUT2D eigenvalue weighted by atomic mass is 10.4. The number of anilines is 1. The molecular weight excluding hydrogens is 290 g/mol. The van der Waals surface area contributed by atoms with Crippen LogP contribution in [0.3, 0.4) is 0 Å². The molecule has 0 unspecified atom stereocenters. The van der Waals surface area contributed by atoms with Gasteiger partial charge in [-0.25, -0.2) is 4.98 Å². The fourth-order valence-corrected chi connectivity index (χ4v) is 1.52. The Balaban J connectivity index is 2.76. The maximum atomic E-state index is 11.6. The summed E-state index contributed by atoms with van der Waals surface area (Å²) in [6.45, 7) is 0.641. The molecule has 1 aromatic rings. The van der Waals surface area contributed by atoms with Crippen molar-refractivity contribution < 1.29 is 14.5 Å². The van der Waals surface area contributed by atoms with Crippen LogP contribution in [0.4, 0.5) is 11.5 Å². The standard InChI is InChI=1S/C10H14ClN5O4/c1-15(6-8(17)12-3-4-20-2)9-7(16(18)19)5-13-10(11)14-9/h5H,3-4,6H2,1-2H3,(H,12,17). The highest BCUT2D eigenvalue weighted by molar-refractivity contribution is 6.28. The first-order valence-electron chi connectivity index (χ1n) is 5.59. The summed E-state index contributed by atoms with van der Waals surface area (Å²) >= 11 is 5.62. The second-order valence-electron chi connectivity index (χ2n) is 3.80. The number of halogens is 1. The van der Waals surface area contributed by atoms with Crippen LogP contribution in [0.1, 0.15) is 0 Å². The Morgan fingerprint density at radius 1 is 1.65 bits per heavy atom. The number of carbonyl (C=O) groups excluding carboxylic acids is 1. The van der Waals surface area contributed by atoms with Gasteiger partial charge in [0.2, 0.25) is 17.0 Å². The summed E-state index contributed by atoms with van der Waals surface area (Å²) in [5, 5.41) is 13.3. The normalized spacial score (nSPS) is 10.2. The number of methoxy groups -OCH3 is 1. The minimum absolute atomic E-state index is 0.0168. The molecule has 0 atom stereocenters. The number of ether oxygens (including phenoxy) is 1. The lowest BCUT2D eigenvalue weighted by molar-refractivity contribution is -0.384. The minimum atomic E-state index is -0.634. The number of carbonyl (C=O) groups is 1. The van der Waals surface area contributed by atoms with Gasteiger partial charge in [0.05, 0.1) is 18.1 Å². The molecule has 0 radical (unpaired) electrons. The van der Waals surface area contributed by atoms with Gasteiger partial charge in [-0.05, 0) is 11.6 Å². The van der Waals surface area contributed by atoms with Crippen LogP contribution < -0.4 is 10.2 Å². The zero-order chi connectivity index (χ0) is 15.1. The summed E-state index contributed by atoms with van der Waals surface area (Å²) in [6, 6.07) is 0. The first-order chi connectivity index (χ1) is 9.45. The molecule has 0 fully saturated rings.